The van der Waals surface area contributed by atoms with Crippen molar-refractivity contribution in [3.63, 3.8) is 0 Å². The number of aliphatic hydroxyl groups is 7. The molecule has 0 saturated carbocycles. The summed E-state index contributed by atoms with van der Waals surface area (Å²) >= 11 is 0. The highest BCUT2D eigenvalue weighted by molar-refractivity contribution is 4.94. The van der Waals surface area contributed by atoms with Gasteiger partial charge in [0.1, 0.15) is 48.8 Å². The van der Waals surface area contributed by atoms with Gasteiger partial charge in [0, 0.05) is 0 Å². The summed E-state index contributed by atoms with van der Waals surface area (Å²) in [5.41, 5.74) is 0. The van der Waals surface area contributed by atoms with Crippen LogP contribution in [-0.4, -0.2) is 116 Å². The van der Waals surface area contributed by atoms with Crippen LogP contribution in [-0.2, 0) is 18.9 Å². The van der Waals surface area contributed by atoms with Gasteiger partial charge in [-0.05, 0) is 12.8 Å². The lowest BCUT2D eigenvalue weighted by atomic mass is 9.97. The van der Waals surface area contributed by atoms with Crippen molar-refractivity contribution in [1.29, 1.82) is 0 Å². The zero-order valence-electron chi connectivity index (χ0n) is 21.6. The minimum absolute atomic E-state index is 0.195. The second-order valence-electron chi connectivity index (χ2n) is 9.93. The van der Waals surface area contributed by atoms with Gasteiger partial charge in [0.15, 0.2) is 12.6 Å². The first-order valence-corrected chi connectivity index (χ1v) is 13.5. The largest absolute Gasteiger partial charge is 0.394 e. The molecule has 2 aliphatic heterocycles. The Bertz CT molecular complexity index is 578. The molecule has 2 fully saturated rings. The van der Waals surface area contributed by atoms with E-state index in [1.807, 2.05) is 6.92 Å². The van der Waals surface area contributed by atoms with Crippen LogP contribution >= 0.6 is 0 Å². The van der Waals surface area contributed by atoms with Gasteiger partial charge in [0.25, 0.3) is 0 Å². The van der Waals surface area contributed by atoms with Crippen molar-refractivity contribution in [3.05, 3.63) is 0 Å². The molecular weight excluding hydrogens is 476 g/mol. The Morgan fingerprint density at radius 3 is 1.78 bits per heavy atom. The molecule has 11 heteroatoms. The molecule has 2 aliphatic rings. The third-order valence-electron chi connectivity index (χ3n) is 7.12. The van der Waals surface area contributed by atoms with Gasteiger partial charge in [-0.2, -0.15) is 0 Å². The van der Waals surface area contributed by atoms with Crippen LogP contribution in [0.1, 0.15) is 78.1 Å². The first-order valence-electron chi connectivity index (χ1n) is 13.5. The molecule has 2 rings (SSSR count). The Kier molecular flexibility index (Phi) is 14.6. The second kappa shape index (κ2) is 16.5. The summed E-state index contributed by atoms with van der Waals surface area (Å²) in [6, 6.07) is 0. The third kappa shape index (κ3) is 8.81. The van der Waals surface area contributed by atoms with Crippen LogP contribution in [0.15, 0.2) is 0 Å². The van der Waals surface area contributed by atoms with Gasteiger partial charge >= 0.3 is 0 Å². The van der Waals surface area contributed by atoms with Gasteiger partial charge in [-0.1, -0.05) is 65.2 Å². The molecule has 0 aromatic heterocycles. The van der Waals surface area contributed by atoms with Crippen molar-refractivity contribution in [2.24, 2.45) is 0 Å². The van der Waals surface area contributed by atoms with E-state index in [0.717, 1.165) is 19.3 Å². The molecule has 0 aliphatic carbocycles. The maximum absolute atomic E-state index is 10.7. The van der Waals surface area contributed by atoms with Crippen LogP contribution in [0, 0.1) is 0 Å². The molecule has 0 aromatic carbocycles. The van der Waals surface area contributed by atoms with Crippen molar-refractivity contribution < 1.29 is 54.7 Å². The highest BCUT2D eigenvalue weighted by atomic mass is 16.7. The van der Waals surface area contributed by atoms with Crippen LogP contribution < -0.4 is 0 Å². The van der Waals surface area contributed by atoms with Crippen LogP contribution in [0.25, 0.3) is 0 Å². The minimum atomic E-state index is -1.70. The quantitative estimate of drug-likeness (QED) is 0.134. The fourth-order valence-electron chi connectivity index (χ4n) is 4.73. The summed E-state index contributed by atoms with van der Waals surface area (Å²) in [7, 11) is 0. The summed E-state index contributed by atoms with van der Waals surface area (Å²) in [6.07, 6.45) is -3.60. The number of aliphatic hydroxyl groups excluding tert-OH is 7. The molecule has 0 unspecified atom stereocenters. The molecule has 11 atom stereocenters. The molecule has 0 aromatic rings. The van der Waals surface area contributed by atoms with Gasteiger partial charge in [0.05, 0.1) is 19.3 Å². The standard InChI is InChI=1S/C25H48O11/c1-3-5-6-7-8-9-10-11-12-15(4-2)33-24-22(32)20(30)23(17(14-27)35-24)36-25-21(31)19(29)18(28)16(13-26)34-25/h15-32H,3-14H2,1-2H3/t15-,16-,17-,18-,19+,20-,21-,22-,23-,24-,25-/m1/s1. The molecule has 0 radical (unpaired) electrons. The topological polar surface area (TPSA) is 179 Å². The summed E-state index contributed by atoms with van der Waals surface area (Å²) in [5.74, 6) is 0. The van der Waals surface area contributed by atoms with Crippen molar-refractivity contribution in [2.75, 3.05) is 13.2 Å². The van der Waals surface area contributed by atoms with Crippen molar-refractivity contribution >= 4 is 0 Å². The van der Waals surface area contributed by atoms with E-state index in [4.69, 9.17) is 18.9 Å². The molecule has 0 bridgehead atoms. The molecule has 2 heterocycles. The molecular formula is C25H48O11. The Labute approximate surface area is 214 Å². The summed E-state index contributed by atoms with van der Waals surface area (Å²) < 4.78 is 22.6. The number of unbranched alkanes of at least 4 members (excludes halogenated alkanes) is 7. The first kappa shape index (κ1) is 31.8. The second-order valence-corrected chi connectivity index (χ2v) is 9.93. The zero-order valence-corrected chi connectivity index (χ0v) is 21.6. The summed E-state index contributed by atoms with van der Waals surface area (Å²) in [5, 5.41) is 70.8. The average Bonchev–Trinajstić information content (AvgIpc) is 2.88. The zero-order chi connectivity index (χ0) is 26.7. The fraction of sp³-hybridized carbons (Fsp3) is 1.00. The molecule has 7 N–H and O–H groups in total. The van der Waals surface area contributed by atoms with Crippen molar-refractivity contribution in [1.82, 2.24) is 0 Å². The predicted molar refractivity (Wildman–Crippen MR) is 129 cm³/mol. The summed E-state index contributed by atoms with van der Waals surface area (Å²) in [4.78, 5) is 0. The molecule has 2 saturated heterocycles. The van der Waals surface area contributed by atoms with E-state index in [9.17, 15) is 35.7 Å². The number of hydrogen-bond donors (Lipinski definition) is 7. The molecule has 36 heavy (non-hydrogen) atoms. The highest BCUT2D eigenvalue weighted by Crippen LogP contribution is 2.30. The Balaban J connectivity index is 1.88. The summed E-state index contributed by atoms with van der Waals surface area (Å²) in [6.45, 7) is 2.94. The normalized spacial score (nSPS) is 38.2. The van der Waals surface area contributed by atoms with E-state index < -0.39 is 74.6 Å². The monoisotopic (exact) mass is 524 g/mol. The molecule has 214 valence electrons. The van der Waals surface area contributed by atoms with Crippen LogP contribution in [0.2, 0.25) is 0 Å². The van der Waals surface area contributed by atoms with Gasteiger partial charge < -0.3 is 54.7 Å². The average molecular weight is 525 g/mol. The van der Waals surface area contributed by atoms with Gasteiger partial charge in [-0.15, -0.1) is 0 Å². The Morgan fingerprint density at radius 2 is 1.19 bits per heavy atom. The fourth-order valence-corrected chi connectivity index (χ4v) is 4.73. The van der Waals surface area contributed by atoms with E-state index in [0.29, 0.717) is 6.42 Å². The minimum Gasteiger partial charge on any atom is -0.394 e. The predicted octanol–water partition coefficient (Wildman–Crippen LogP) is -0.0635. The van der Waals surface area contributed by atoms with Crippen LogP contribution in [0.4, 0.5) is 0 Å². The van der Waals surface area contributed by atoms with Gasteiger partial charge in [-0.25, -0.2) is 0 Å². The molecule has 0 amide bonds. The Morgan fingerprint density at radius 1 is 0.639 bits per heavy atom. The third-order valence-corrected chi connectivity index (χ3v) is 7.12. The van der Waals surface area contributed by atoms with Gasteiger partial charge in [-0.3, -0.25) is 0 Å². The highest BCUT2D eigenvalue weighted by Gasteiger charge is 2.50. The van der Waals surface area contributed by atoms with Crippen molar-refractivity contribution in [2.45, 2.75) is 146 Å². The van der Waals surface area contributed by atoms with Crippen LogP contribution in [0.5, 0.6) is 0 Å². The lowest BCUT2D eigenvalue weighted by Crippen LogP contribution is -2.64. The van der Waals surface area contributed by atoms with E-state index in [2.05, 4.69) is 6.92 Å². The van der Waals surface area contributed by atoms with Crippen LogP contribution in [0.3, 0.4) is 0 Å². The van der Waals surface area contributed by atoms with E-state index in [-0.39, 0.29) is 6.10 Å². The number of ether oxygens (including phenoxy) is 4. The first-order chi connectivity index (χ1) is 17.3. The van der Waals surface area contributed by atoms with Gasteiger partial charge in [0.2, 0.25) is 0 Å². The SMILES string of the molecule is CCCCCCCCCC[C@@H](CC)O[C@@H]1O[C@H](CO)[C@@H](O[C@H]2O[C@H](CO)[C@@H](O)[C@H](O)[C@H]2O)[C@H](O)[C@H]1O. The molecule has 0 spiro atoms. The number of hydrogen-bond acceptors (Lipinski definition) is 11. The lowest BCUT2D eigenvalue weighted by molar-refractivity contribution is -0.362. The van der Waals surface area contributed by atoms with Crippen molar-refractivity contribution in [3.8, 4) is 0 Å². The maximum Gasteiger partial charge on any atom is 0.187 e. The smallest absolute Gasteiger partial charge is 0.187 e. The lowest BCUT2D eigenvalue weighted by Gasteiger charge is -2.46. The maximum atomic E-state index is 10.7. The number of rotatable bonds is 16. The van der Waals surface area contributed by atoms with E-state index in [1.165, 1.54) is 38.5 Å². The Hall–Kier alpha value is -0.440. The van der Waals surface area contributed by atoms with E-state index >= 15 is 0 Å². The molecule has 11 nitrogen and oxygen atoms in total. The van der Waals surface area contributed by atoms with E-state index in [1.54, 1.807) is 0 Å².